The Kier molecular flexibility index (Phi) is 6.35. The third-order valence-electron chi connectivity index (χ3n) is 7.36. The predicted octanol–water partition coefficient (Wildman–Crippen LogP) is 4.48. The zero-order chi connectivity index (χ0) is 23.7. The van der Waals surface area contributed by atoms with Crippen molar-refractivity contribution in [3.63, 3.8) is 0 Å². The average Bonchev–Trinajstić information content (AvgIpc) is 3.40. The van der Waals surface area contributed by atoms with Gasteiger partial charge in [-0.3, -0.25) is 9.59 Å². The summed E-state index contributed by atoms with van der Waals surface area (Å²) < 4.78 is 15.3. The molecule has 2 fully saturated rings. The van der Waals surface area contributed by atoms with E-state index in [2.05, 4.69) is 0 Å². The number of rotatable bonds is 6. The monoisotopic (exact) mass is 462 g/mol. The molecule has 178 valence electrons. The number of hydrogen-bond donors (Lipinski definition) is 0. The van der Waals surface area contributed by atoms with Crippen molar-refractivity contribution in [2.45, 2.75) is 63.6 Å². The van der Waals surface area contributed by atoms with E-state index in [4.69, 9.17) is 4.98 Å². The minimum atomic E-state index is -0.286. The molecule has 0 radical (unpaired) electrons. The van der Waals surface area contributed by atoms with Crippen LogP contribution in [0.4, 0.5) is 4.39 Å². The van der Waals surface area contributed by atoms with E-state index in [1.807, 2.05) is 40.8 Å². The lowest BCUT2D eigenvalue weighted by molar-refractivity contribution is -0.133. The first kappa shape index (κ1) is 22.6. The highest BCUT2D eigenvalue weighted by molar-refractivity contribution is 5.83. The van der Waals surface area contributed by atoms with Gasteiger partial charge in [-0.05, 0) is 42.7 Å². The number of amides is 2. The highest BCUT2D eigenvalue weighted by atomic mass is 19.1. The number of aromatic nitrogens is 2. The van der Waals surface area contributed by atoms with Crippen molar-refractivity contribution in [2.75, 3.05) is 13.6 Å². The SMILES string of the molecule is CN(C(=O)Cn1c(C2CC(=O)N(Cc3ccc(F)cc3)C2)nc2ccccc21)C1CCCCC1. The molecule has 2 heterocycles. The molecule has 0 spiro atoms. The van der Waals surface area contributed by atoms with Gasteiger partial charge in [0.25, 0.3) is 0 Å². The molecule has 3 aromatic rings. The van der Waals surface area contributed by atoms with Gasteiger partial charge in [0.1, 0.15) is 18.2 Å². The minimum absolute atomic E-state index is 0.0542. The van der Waals surface area contributed by atoms with Gasteiger partial charge in [-0.1, -0.05) is 43.5 Å². The third kappa shape index (κ3) is 4.56. The lowest BCUT2D eigenvalue weighted by Gasteiger charge is -2.31. The van der Waals surface area contributed by atoms with Crippen LogP contribution in [0.5, 0.6) is 0 Å². The van der Waals surface area contributed by atoms with Gasteiger partial charge >= 0.3 is 0 Å². The summed E-state index contributed by atoms with van der Waals surface area (Å²) in [5, 5.41) is 0. The number of likely N-dealkylation sites (tertiary alicyclic amines) is 1. The fraction of sp³-hybridized carbons (Fsp3) is 0.444. The number of likely N-dealkylation sites (N-methyl/N-ethyl adjacent to an activating group) is 1. The molecule has 34 heavy (non-hydrogen) atoms. The molecular weight excluding hydrogens is 431 g/mol. The quantitative estimate of drug-likeness (QED) is 0.543. The van der Waals surface area contributed by atoms with Crippen molar-refractivity contribution >= 4 is 22.8 Å². The Morgan fingerprint density at radius 2 is 1.82 bits per heavy atom. The molecule has 6 nitrogen and oxygen atoms in total. The summed E-state index contributed by atoms with van der Waals surface area (Å²) >= 11 is 0. The molecule has 2 aromatic carbocycles. The first-order valence-electron chi connectivity index (χ1n) is 12.2. The van der Waals surface area contributed by atoms with Crippen molar-refractivity contribution in [1.29, 1.82) is 0 Å². The Hall–Kier alpha value is -3.22. The Morgan fingerprint density at radius 1 is 1.09 bits per heavy atom. The van der Waals surface area contributed by atoms with Crippen LogP contribution in [0, 0.1) is 5.82 Å². The second-order valence-corrected chi connectivity index (χ2v) is 9.64. The summed E-state index contributed by atoms with van der Waals surface area (Å²) in [6.07, 6.45) is 6.09. The van der Waals surface area contributed by atoms with Gasteiger partial charge in [-0.25, -0.2) is 9.37 Å². The van der Waals surface area contributed by atoms with Crippen LogP contribution in [0.1, 0.15) is 55.8 Å². The number of nitrogens with zero attached hydrogens (tertiary/aromatic N) is 4. The van der Waals surface area contributed by atoms with Crippen molar-refractivity contribution < 1.29 is 14.0 Å². The standard InChI is InChI=1S/C27H31FN4O2/c1-30(22-7-3-2-4-8-22)26(34)18-32-24-10-6-5-9-23(24)29-27(32)20-15-25(33)31(17-20)16-19-11-13-21(28)14-12-19/h5-6,9-14,20,22H,2-4,7-8,15-18H2,1H3. The van der Waals surface area contributed by atoms with Gasteiger partial charge in [-0.15, -0.1) is 0 Å². The van der Waals surface area contributed by atoms with E-state index in [-0.39, 0.29) is 30.1 Å². The van der Waals surface area contributed by atoms with Crippen LogP contribution in [0.15, 0.2) is 48.5 Å². The van der Waals surface area contributed by atoms with Crippen molar-refractivity contribution in [1.82, 2.24) is 19.4 Å². The van der Waals surface area contributed by atoms with E-state index in [0.717, 1.165) is 35.3 Å². The van der Waals surface area contributed by atoms with Crippen molar-refractivity contribution in [3.05, 3.63) is 65.7 Å². The second kappa shape index (κ2) is 9.57. The van der Waals surface area contributed by atoms with Gasteiger partial charge in [0.05, 0.1) is 11.0 Å². The topological polar surface area (TPSA) is 58.4 Å². The molecular formula is C27H31FN4O2. The van der Waals surface area contributed by atoms with Crippen LogP contribution in [0.25, 0.3) is 11.0 Å². The van der Waals surface area contributed by atoms with Crippen LogP contribution in [0.3, 0.4) is 0 Å². The van der Waals surface area contributed by atoms with E-state index < -0.39 is 0 Å². The maximum absolute atomic E-state index is 13.3. The van der Waals surface area contributed by atoms with Gasteiger partial charge in [-0.2, -0.15) is 0 Å². The van der Waals surface area contributed by atoms with Gasteiger partial charge in [0.15, 0.2) is 0 Å². The molecule has 1 saturated carbocycles. The summed E-state index contributed by atoms with van der Waals surface area (Å²) in [6, 6.07) is 14.4. The third-order valence-corrected chi connectivity index (χ3v) is 7.36. The molecule has 1 aliphatic carbocycles. The number of carbonyl (C=O) groups is 2. The number of hydrogen-bond acceptors (Lipinski definition) is 3. The molecule has 1 aromatic heterocycles. The lowest BCUT2D eigenvalue weighted by Crippen LogP contribution is -2.40. The Bertz CT molecular complexity index is 1180. The fourth-order valence-electron chi connectivity index (χ4n) is 5.40. The number of fused-ring (bicyclic) bond motifs is 1. The Morgan fingerprint density at radius 3 is 2.59 bits per heavy atom. The van der Waals surface area contributed by atoms with E-state index in [1.165, 1.54) is 31.4 Å². The Labute approximate surface area is 199 Å². The first-order chi connectivity index (χ1) is 16.5. The molecule has 2 aliphatic rings. The molecule has 5 rings (SSSR count). The number of carbonyl (C=O) groups excluding carboxylic acids is 2. The van der Waals surface area contributed by atoms with Crippen LogP contribution in [0.2, 0.25) is 0 Å². The Balaban J connectivity index is 1.38. The molecule has 0 bridgehead atoms. The maximum atomic E-state index is 13.3. The van der Waals surface area contributed by atoms with E-state index in [9.17, 15) is 14.0 Å². The van der Waals surface area contributed by atoms with Gasteiger partial charge in [0, 0.05) is 38.5 Å². The van der Waals surface area contributed by atoms with Gasteiger partial charge < -0.3 is 14.4 Å². The largest absolute Gasteiger partial charge is 0.341 e. The van der Waals surface area contributed by atoms with Crippen LogP contribution in [-0.2, 0) is 22.7 Å². The summed E-state index contributed by atoms with van der Waals surface area (Å²) in [7, 11) is 1.92. The molecule has 2 amide bonds. The molecule has 1 unspecified atom stereocenters. The number of imidazole rings is 1. The number of para-hydroxylation sites is 2. The molecule has 0 N–H and O–H groups in total. The maximum Gasteiger partial charge on any atom is 0.242 e. The fourth-order valence-corrected chi connectivity index (χ4v) is 5.40. The summed E-state index contributed by atoms with van der Waals surface area (Å²) in [4.78, 5) is 34.7. The van der Waals surface area contributed by atoms with Crippen LogP contribution >= 0.6 is 0 Å². The number of halogens is 1. The zero-order valence-electron chi connectivity index (χ0n) is 19.6. The highest BCUT2D eigenvalue weighted by Gasteiger charge is 2.34. The molecule has 1 aliphatic heterocycles. The summed E-state index contributed by atoms with van der Waals surface area (Å²) in [5.74, 6) is 0.558. The van der Waals surface area contributed by atoms with E-state index in [0.29, 0.717) is 25.6 Å². The lowest BCUT2D eigenvalue weighted by atomic mass is 9.94. The smallest absolute Gasteiger partial charge is 0.242 e. The van der Waals surface area contributed by atoms with Crippen LogP contribution < -0.4 is 0 Å². The normalized spacial score (nSPS) is 19.2. The summed E-state index contributed by atoms with van der Waals surface area (Å²) in [6.45, 7) is 1.21. The summed E-state index contributed by atoms with van der Waals surface area (Å²) in [5.41, 5.74) is 2.66. The zero-order valence-corrected chi connectivity index (χ0v) is 19.6. The molecule has 1 saturated heterocycles. The molecule has 7 heteroatoms. The van der Waals surface area contributed by atoms with Crippen molar-refractivity contribution in [3.8, 4) is 0 Å². The highest BCUT2D eigenvalue weighted by Crippen LogP contribution is 2.32. The first-order valence-corrected chi connectivity index (χ1v) is 12.2. The van der Waals surface area contributed by atoms with E-state index in [1.54, 1.807) is 17.0 Å². The average molecular weight is 463 g/mol. The van der Waals surface area contributed by atoms with Crippen molar-refractivity contribution in [2.24, 2.45) is 0 Å². The molecule has 1 atom stereocenters. The minimum Gasteiger partial charge on any atom is -0.341 e. The van der Waals surface area contributed by atoms with Crippen LogP contribution in [-0.4, -0.2) is 50.8 Å². The number of benzene rings is 2. The van der Waals surface area contributed by atoms with Gasteiger partial charge in [0.2, 0.25) is 11.8 Å². The van der Waals surface area contributed by atoms with E-state index >= 15 is 0 Å². The second-order valence-electron chi connectivity index (χ2n) is 9.64. The predicted molar refractivity (Wildman–Crippen MR) is 129 cm³/mol.